The number of amides is 2. The van der Waals surface area contributed by atoms with Crippen molar-refractivity contribution in [2.24, 2.45) is 0 Å². The van der Waals surface area contributed by atoms with Crippen LogP contribution < -0.4 is 10.1 Å². The van der Waals surface area contributed by atoms with Gasteiger partial charge in [0.1, 0.15) is 11.8 Å². The topological polar surface area (TPSA) is 58.6 Å². The molecule has 3 rings (SSSR count). The summed E-state index contributed by atoms with van der Waals surface area (Å²) in [6.07, 6.45) is 0.473. The highest BCUT2D eigenvalue weighted by Gasteiger charge is 2.30. The molecule has 0 saturated carbocycles. The predicted octanol–water partition coefficient (Wildman–Crippen LogP) is 4.93. The van der Waals surface area contributed by atoms with Crippen LogP contribution in [-0.4, -0.2) is 36.9 Å². The maximum absolute atomic E-state index is 13.6. The highest BCUT2D eigenvalue weighted by molar-refractivity contribution is 6.42. The first-order chi connectivity index (χ1) is 15.9. The molecule has 33 heavy (non-hydrogen) atoms. The fourth-order valence-electron chi connectivity index (χ4n) is 3.61. The summed E-state index contributed by atoms with van der Waals surface area (Å²) < 4.78 is 5.33. The van der Waals surface area contributed by atoms with Gasteiger partial charge in [0.05, 0.1) is 23.6 Å². The fourth-order valence-corrected chi connectivity index (χ4v) is 3.93. The third-order valence-corrected chi connectivity index (χ3v) is 6.08. The van der Waals surface area contributed by atoms with E-state index in [1.165, 1.54) is 0 Å². The predicted molar refractivity (Wildman–Crippen MR) is 132 cm³/mol. The van der Waals surface area contributed by atoms with Gasteiger partial charge in [-0.2, -0.15) is 0 Å². The van der Waals surface area contributed by atoms with Gasteiger partial charge in [-0.25, -0.2) is 0 Å². The van der Waals surface area contributed by atoms with Crippen LogP contribution in [0.4, 0.5) is 0 Å². The summed E-state index contributed by atoms with van der Waals surface area (Å²) in [6.45, 7) is 0.252. The lowest BCUT2D eigenvalue weighted by Gasteiger charge is -2.31. The van der Waals surface area contributed by atoms with Crippen LogP contribution in [0.3, 0.4) is 0 Å². The number of rotatable bonds is 9. The maximum Gasteiger partial charge on any atom is 0.242 e. The monoisotopic (exact) mass is 484 g/mol. The van der Waals surface area contributed by atoms with Crippen LogP contribution in [0.25, 0.3) is 0 Å². The van der Waals surface area contributed by atoms with Gasteiger partial charge in [0.25, 0.3) is 0 Å². The van der Waals surface area contributed by atoms with E-state index in [-0.39, 0.29) is 24.8 Å². The Bertz CT molecular complexity index is 1110. The van der Waals surface area contributed by atoms with Crippen LogP contribution in [0.15, 0.2) is 72.8 Å². The number of carbonyl (C=O) groups excluding carboxylic acids is 2. The molecule has 3 aromatic carbocycles. The molecule has 0 bridgehead atoms. The van der Waals surface area contributed by atoms with E-state index in [0.29, 0.717) is 22.2 Å². The average molecular weight is 485 g/mol. The third-order valence-electron chi connectivity index (χ3n) is 5.34. The minimum absolute atomic E-state index is 0.0864. The Morgan fingerprint density at radius 2 is 1.64 bits per heavy atom. The number of benzene rings is 3. The molecule has 7 heteroatoms. The fraction of sp³-hybridized carbons (Fsp3) is 0.231. The summed E-state index contributed by atoms with van der Waals surface area (Å²) >= 11 is 12.2. The molecular weight excluding hydrogens is 459 g/mol. The van der Waals surface area contributed by atoms with Gasteiger partial charge in [0.15, 0.2) is 0 Å². The number of ether oxygens (including phenoxy) is 1. The first-order valence-corrected chi connectivity index (χ1v) is 11.3. The zero-order valence-electron chi connectivity index (χ0n) is 18.6. The minimum atomic E-state index is -0.695. The Morgan fingerprint density at radius 3 is 2.30 bits per heavy atom. The molecule has 1 N–H and O–H groups in total. The van der Waals surface area contributed by atoms with Crippen LogP contribution in [0.1, 0.15) is 16.7 Å². The number of likely N-dealkylation sites (N-methyl/N-ethyl adjacent to an activating group) is 1. The lowest BCUT2D eigenvalue weighted by atomic mass is 10.0. The zero-order chi connectivity index (χ0) is 23.8. The normalized spacial score (nSPS) is 11.5. The standard InChI is InChI=1S/C26H26Cl2N2O3/c1-29-26(32)24(15-18-7-4-3-5-8-18)30(17-20-9-6-10-21(13-20)33-2)25(31)16-19-11-12-22(27)23(28)14-19/h3-14,24H,15-17H2,1-2H3,(H,29,32). The van der Waals surface area contributed by atoms with E-state index in [2.05, 4.69) is 5.32 Å². The minimum Gasteiger partial charge on any atom is -0.497 e. The van der Waals surface area contributed by atoms with E-state index in [0.717, 1.165) is 16.7 Å². The van der Waals surface area contributed by atoms with Crippen molar-refractivity contribution in [3.8, 4) is 5.75 Å². The van der Waals surface area contributed by atoms with Crippen molar-refractivity contribution in [2.75, 3.05) is 14.2 Å². The number of halogens is 2. The highest BCUT2D eigenvalue weighted by Crippen LogP contribution is 2.24. The Balaban J connectivity index is 1.96. The molecule has 0 saturated heterocycles. The smallest absolute Gasteiger partial charge is 0.242 e. The summed E-state index contributed by atoms with van der Waals surface area (Å²) in [7, 11) is 3.17. The van der Waals surface area contributed by atoms with Gasteiger partial charge >= 0.3 is 0 Å². The molecule has 3 aromatic rings. The number of nitrogens with one attached hydrogen (secondary N) is 1. The maximum atomic E-state index is 13.6. The van der Waals surface area contributed by atoms with Crippen molar-refractivity contribution >= 4 is 35.0 Å². The van der Waals surface area contributed by atoms with E-state index >= 15 is 0 Å². The molecule has 0 heterocycles. The van der Waals surface area contributed by atoms with Crippen LogP contribution in [-0.2, 0) is 29.0 Å². The molecular formula is C26H26Cl2N2O3. The van der Waals surface area contributed by atoms with Crippen LogP contribution in [0.2, 0.25) is 10.0 Å². The Hall–Kier alpha value is -3.02. The van der Waals surface area contributed by atoms with Crippen molar-refractivity contribution in [1.82, 2.24) is 10.2 Å². The number of carbonyl (C=O) groups is 2. The van der Waals surface area contributed by atoms with Gasteiger partial charge in [0, 0.05) is 20.0 Å². The Morgan fingerprint density at radius 1 is 0.909 bits per heavy atom. The molecule has 172 valence electrons. The van der Waals surface area contributed by atoms with Crippen molar-refractivity contribution in [2.45, 2.75) is 25.4 Å². The first kappa shape index (κ1) is 24.6. The van der Waals surface area contributed by atoms with Gasteiger partial charge in [-0.3, -0.25) is 9.59 Å². The van der Waals surface area contributed by atoms with Gasteiger partial charge in [0.2, 0.25) is 11.8 Å². The van der Waals surface area contributed by atoms with Gasteiger partial charge < -0.3 is 15.0 Å². The van der Waals surface area contributed by atoms with E-state index in [1.807, 2.05) is 54.6 Å². The SMILES string of the molecule is CNC(=O)C(Cc1ccccc1)N(Cc1cccc(OC)c1)C(=O)Cc1ccc(Cl)c(Cl)c1. The largest absolute Gasteiger partial charge is 0.497 e. The van der Waals surface area contributed by atoms with Crippen molar-refractivity contribution in [3.63, 3.8) is 0 Å². The molecule has 0 radical (unpaired) electrons. The molecule has 2 amide bonds. The van der Waals surface area contributed by atoms with E-state index in [9.17, 15) is 9.59 Å². The Kier molecular flexibility index (Phi) is 8.75. The molecule has 0 aliphatic rings. The molecule has 0 aromatic heterocycles. The second-order valence-corrected chi connectivity index (χ2v) is 8.43. The molecule has 5 nitrogen and oxygen atoms in total. The van der Waals surface area contributed by atoms with Crippen LogP contribution in [0, 0.1) is 0 Å². The summed E-state index contributed by atoms with van der Waals surface area (Å²) in [5.74, 6) is 0.258. The van der Waals surface area contributed by atoms with Crippen LogP contribution >= 0.6 is 23.2 Å². The lowest BCUT2D eigenvalue weighted by molar-refractivity contribution is -0.140. The molecule has 1 atom stereocenters. The molecule has 0 fully saturated rings. The van der Waals surface area contributed by atoms with E-state index < -0.39 is 6.04 Å². The van der Waals surface area contributed by atoms with Crippen molar-refractivity contribution in [3.05, 3.63) is 99.5 Å². The molecule has 0 aliphatic carbocycles. The van der Waals surface area contributed by atoms with Gasteiger partial charge in [-0.05, 0) is 41.0 Å². The quantitative estimate of drug-likeness (QED) is 0.468. The number of hydrogen-bond donors (Lipinski definition) is 1. The van der Waals surface area contributed by atoms with E-state index in [1.54, 1.807) is 37.3 Å². The molecule has 0 spiro atoms. The summed E-state index contributed by atoms with van der Waals surface area (Å²) in [5.41, 5.74) is 2.54. The lowest BCUT2D eigenvalue weighted by Crippen LogP contribution is -2.50. The summed E-state index contributed by atoms with van der Waals surface area (Å²) in [4.78, 5) is 28.1. The number of nitrogens with zero attached hydrogens (tertiary/aromatic N) is 1. The first-order valence-electron chi connectivity index (χ1n) is 10.5. The number of methoxy groups -OCH3 is 1. The molecule has 1 unspecified atom stereocenters. The average Bonchev–Trinajstić information content (AvgIpc) is 2.83. The molecule has 0 aliphatic heterocycles. The van der Waals surface area contributed by atoms with Crippen LogP contribution in [0.5, 0.6) is 5.75 Å². The van der Waals surface area contributed by atoms with Crippen molar-refractivity contribution < 1.29 is 14.3 Å². The summed E-state index contributed by atoms with van der Waals surface area (Å²) in [6, 6.07) is 21.5. The third kappa shape index (κ3) is 6.73. The number of hydrogen-bond acceptors (Lipinski definition) is 3. The van der Waals surface area contributed by atoms with E-state index in [4.69, 9.17) is 27.9 Å². The Labute approximate surface area is 204 Å². The van der Waals surface area contributed by atoms with Gasteiger partial charge in [-0.15, -0.1) is 0 Å². The summed E-state index contributed by atoms with van der Waals surface area (Å²) in [5, 5.41) is 3.52. The highest BCUT2D eigenvalue weighted by atomic mass is 35.5. The second-order valence-electron chi connectivity index (χ2n) is 7.62. The second kappa shape index (κ2) is 11.7. The van der Waals surface area contributed by atoms with Crippen molar-refractivity contribution in [1.29, 1.82) is 0 Å². The van der Waals surface area contributed by atoms with Gasteiger partial charge in [-0.1, -0.05) is 71.7 Å². The zero-order valence-corrected chi connectivity index (χ0v) is 20.1.